The van der Waals surface area contributed by atoms with Crippen LogP contribution in [0.15, 0.2) is 17.1 Å². The highest BCUT2D eigenvalue weighted by Crippen LogP contribution is 2.15. The molecule has 0 spiro atoms. The number of thiophene rings is 1. The predicted molar refractivity (Wildman–Crippen MR) is 76.8 cm³/mol. The van der Waals surface area contributed by atoms with Gasteiger partial charge in [-0.05, 0) is 46.8 Å². The molecule has 0 aliphatic heterocycles. The van der Waals surface area contributed by atoms with E-state index in [1.54, 1.807) is 11.3 Å². The van der Waals surface area contributed by atoms with Gasteiger partial charge in [0.2, 0.25) is 0 Å². The molecule has 2 N–H and O–H groups in total. The van der Waals surface area contributed by atoms with Crippen molar-refractivity contribution in [3.05, 3.63) is 21.9 Å². The quantitative estimate of drug-likeness (QED) is 0.642. The van der Waals surface area contributed by atoms with E-state index in [9.17, 15) is 0 Å². The summed E-state index contributed by atoms with van der Waals surface area (Å²) in [6.45, 7) is 12.2. The number of aliphatic imine (C=N–C) groups is 1. The van der Waals surface area contributed by atoms with Gasteiger partial charge in [-0.1, -0.05) is 0 Å². The van der Waals surface area contributed by atoms with Crippen molar-refractivity contribution in [2.24, 2.45) is 4.99 Å². The Morgan fingerprint density at radius 3 is 2.53 bits per heavy atom. The first-order valence-corrected chi connectivity index (χ1v) is 6.84. The number of hydrogen-bond donors (Lipinski definition) is 2. The second-order valence-electron chi connectivity index (χ2n) is 5.08. The van der Waals surface area contributed by atoms with E-state index < -0.39 is 0 Å². The fourth-order valence-electron chi connectivity index (χ4n) is 1.39. The van der Waals surface area contributed by atoms with E-state index in [-0.39, 0.29) is 5.54 Å². The van der Waals surface area contributed by atoms with Gasteiger partial charge in [0.25, 0.3) is 0 Å². The number of rotatable bonds is 3. The van der Waals surface area contributed by atoms with E-state index in [2.05, 4.69) is 62.4 Å². The lowest BCUT2D eigenvalue weighted by molar-refractivity contribution is 0.501. The van der Waals surface area contributed by atoms with Crippen molar-refractivity contribution in [2.45, 2.75) is 46.7 Å². The Hall–Kier alpha value is -1.03. The molecule has 1 rings (SSSR count). The van der Waals surface area contributed by atoms with Gasteiger partial charge in [0.15, 0.2) is 5.96 Å². The zero-order chi connectivity index (χ0) is 12.9. The Morgan fingerprint density at radius 2 is 2.06 bits per heavy atom. The van der Waals surface area contributed by atoms with Gasteiger partial charge >= 0.3 is 0 Å². The molecule has 0 radical (unpaired) electrons. The molecule has 17 heavy (non-hydrogen) atoms. The summed E-state index contributed by atoms with van der Waals surface area (Å²) in [4.78, 5) is 7.22. The molecule has 96 valence electrons. The molecule has 3 nitrogen and oxygen atoms in total. The summed E-state index contributed by atoms with van der Waals surface area (Å²) in [6.07, 6.45) is 0. The van der Waals surface area contributed by atoms with Gasteiger partial charge in [-0.2, -0.15) is 0 Å². The van der Waals surface area contributed by atoms with Crippen LogP contribution >= 0.6 is 11.3 Å². The molecule has 0 atom stereocenters. The van der Waals surface area contributed by atoms with Crippen LogP contribution in [-0.2, 0) is 6.54 Å². The third kappa shape index (κ3) is 5.73. The highest BCUT2D eigenvalue weighted by atomic mass is 32.1. The topological polar surface area (TPSA) is 36.4 Å². The lowest BCUT2D eigenvalue weighted by Crippen LogP contribution is -2.47. The van der Waals surface area contributed by atoms with Crippen LogP contribution in [-0.4, -0.2) is 18.0 Å². The Bertz CT molecular complexity index is 374. The standard InChI is InChI=1S/C13H23N3S/c1-6-14-12(16-13(3,4)5)15-9-11-8-7-10(2)17-11/h7-8H,6,9H2,1-5H3,(H2,14,15,16). The molecule has 0 aliphatic carbocycles. The first-order valence-electron chi connectivity index (χ1n) is 6.02. The molecule has 1 aromatic rings. The number of nitrogens with zero attached hydrogens (tertiary/aromatic N) is 1. The summed E-state index contributed by atoms with van der Waals surface area (Å²) < 4.78 is 0. The minimum absolute atomic E-state index is 0.0341. The van der Waals surface area contributed by atoms with Crippen molar-refractivity contribution >= 4 is 17.3 Å². The molecule has 0 bridgehead atoms. The van der Waals surface area contributed by atoms with Crippen LogP contribution in [0, 0.1) is 6.92 Å². The maximum absolute atomic E-state index is 4.59. The maximum atomic E-state index is 4.59. The van der Waals surface area contributed by atoms with Gasteiger partial charge in [0, 0.05) is 21.8 Å². The zero-order valence-electron chi connectivity index (χ0n) is 11.4. The van der Waals surface area contributed by atoms with E-state index >= 15 is 0 Å². The lowest BCUT2D eigenvalue weighted by Gasteiger charge is -2.23. The fraction of sp³-hybridized carbons (Fsp3) is 0.615. The van der Waals surface area contributed by atoms with Crippen molar-refractivity contribution in [3.8, 4) is 0 Å². The normalized spacial score (nSPS) is 12.6. The molecule has 0 unspecified atom stereocenters. The molecular weight excluding hydrogens is 230 g/mol. The van der Waals surface area contributed by atoms with Gasteiger partial charge < -0.3 is 10.6 Å². The Balaban J connectivity index is 2.63. The Morgan fingerprint density at radius 1 is 1.35 bits per heavy atom. The third-order valence-electron chi connectivity index (χ3n) is 2.03. The molecule has 1 heterocycles. The third-order valence-corrected chi connectivity index (χ3v) is 3.01. The van der Waals surface area contributed by atoms with E-state index in [1.165, 1.54) is 9.75 Å². The second-order valence-corrected chi connectivity index (χ2v) is 6.45. The SMILES string of the molecule is CCNC(=NCc1ccc(C)s1)NC(C)(C)C. The average Bonchev–Trinajstić information content (AvgIpc) is 2.59. The molecule has 0 fully saturated rings. The number of hydrogen-bond acceptors (Lipinski definition) is 2. The molecule has 4 heteroatoms. The molecule has 0 aliphatic rings. The first-order chi connectivity index (χ1) is 7.90. The van der Waals surface area contributed by atoms with Gasteiger partial charge in [-0.3, -0.25) is 0 Å². The van der Waals surface area contributed by atoms with E-state index in [4.69, 9.17) is 0 Å². The fourth-order valence-corrected chi connectivity index (χ4v) is 2.20. The van der Waals surface area contributed by atoms with Crippen LogP contribution in [0.1, 0.15) is 37.4 Å². The summed E-state index contributed by atoms with van der Waals surface area (Å²) in [5, 5.41) is 6.64. The number of aryl methyl sites for hydroxylation is 1. The van der Waals surface area contributed by atoms with Crippen LogP contribution in [0.2, 0.25) is 0 Å². The average molecular weight is 253 g/mol. The van der Waals surface area contributed by atoms with Crippen LogP contribution in [0.3, 0.4) is 0 Å². The van der Waals surface area contributed by atoms with Gasteiger partial charge in [0.1, 0.15) is 0 Å². The molecule has 0 amide bonds. The monoisotopic (exact) mass is 253 g/mol. The van der Waals surface area contributed by atoms with Gasteiger partial charge in [0.05, 0.1) is 6.54 Å². The number of nitrogens with one attached hydrogen (secondary N) is 2. The van der Waals surface area contributed by atoms with Crippen molar-refractivity contribution in [2.75, 3.05) is 6.54 Å². The van der Waals surface area contributed by atoms with Gasteiger partial charge in [-0.15, -0.1) is 11.3 Å². The van der Waals surface area contributed by atoms with Crippen molar-refractivity contribution in [1.29, 1.82) is 0 Å². The largest absolute Gasteiger partial charge is 0.357 e. The molecular formula is C13H23N3S. The Kier molecular flexibility index (Phi) is 5.00. The molecule has 0 aromatic carbocycles. The molecule has 0 saturated carbocycles. The lowest BCUT2D eigenvalue weighted by atomic mass is 10.1. The summed E-state index contributed by atoms with van der Waals surface area (Å²) in [7, 11) is 0. The van der Waals surface area contributed by atoms with Crippen LogP contribution in [0.5, 0.6) is 0 Å². The maximum Gasteiger partial charge on any atom is 0.192 e. The van der Waals surface area contributed by atoms with E-state index in [1.807, 2.05) is 0 Å². The highest BCUT2D eigenvalue weighted by Gasteiger charge is 2.11. The van der Waals surface area contributed by atoms with E-state index in [0.29, 0.717) is 0 Å². The van der Waals surface area contributed by atoms with Gasteiger partial charge in [-0.25, -0.2) is 4.99 Å². The molecule has 1 aromatic heterocycles. The summed E-state index contributed by atoms with van der Waals surface area (Å²) >= 11 is 1.80. The highest BCUT2D eigenvalue weighted by molar-refractivity contribution is 7.11. The summed E-state index contributed by atoms with van der Waals surface area (Å²) in [5.74, 6) is 0.881. The first kappa shape index (κ1) is 14.0. The second kappa shape index (κ2) is 6.05. The number of guanidine groups is 1. The van der Waals surface area contributed by atoms with Crippen LogP contribution in [0.25, 0.3) is 0 Å². The van der Waals surface area contributed by atoms with Crippen molar-refractivity contribution in [3.63, 3.8) is 0 Å². The van der Waals surface area contributed by atoms with Crippen LogP contribution in [0.4, 0.5) is 0 Å². The van der Waals surface area contributed by atoms with E-state index in [0.717, 1.165) is 19.0 Å². The molecule has 0 saturated heterocycles. The zero-order valence-corrected chi connectivity index (χ0v) is 12.2. The predicted octanol–water partition coefficient (Wildman–Crippen LogP) is 2.91. The minimum Gasteiger partial charge on any atom is -0.357 e. The van der Waals surface area contributed by atoms with Crippen LogP contribution < -0.4 is 10.6 Å². The van der Waals surface area contributed by atoms with Crippen molar-refractivity contribution in [1.82, 2.24) is 10.6 Å². The smallest absolute Gasteiger partial charge is 0.192 e. The Labute approximate surface area is 108 Å². The summed E-state index contributed by atoms with van der Waals surface area (Å²) in [6, 6.07) is 4.28. The summed E-state index contributed by atoms with van der Waals surface area (Å²) in [5.41, 5.74) is 0.0341. The minimum atomic E-state index is 0.0341. The van der Waals surface area contributed by atoms with Crippen molar-refractivity contribution < 1.29 is 0 Å².